The largest absolute Gasteiger partial charge is 0.493 e. The van der Waals surface area contributed by atoms with Gasteiger partial charge in [0.1, 0.15) is 0 Å². The molecular weight excluding hydrogens is 684 g/mol. The third-order valence-corrected chi connectivity index (χ3v) is 7.21. The van der Waals surface area contributed by atoms with E-state index in [4.69, 9.17) is 25.8 Å². The minimum absolute atomic E-state index is 0.157. The van der Waals surface area contributed by atoms with Crippen LogP contribution in [0.3, 0.4) is 0 Å². The van der Waals surface area contributed by atoms with Crippen molar-refractivity contribution in [3.05, 3.63) is 94.7 Å². The molecule has 3 aromatic rings. The van der Waals surface area contributed by atoms with Crippen LogP contribution in [0.1, 0.15) is 27.0 Å². The maximum atomic E-state index is 12.6. The van der Waals surface area contributed by atoms with Crippen molar-refractivity contribution in [1.29, 1.82) is 0 Å². The number of aliphatic imine (C=N–C) groups is 1. The van der Waals surface area contributed by atoms with E-state index < -0.39 is 11.9 Å². The highest BCUT2D eigenvalue weighted by Gasteiger charge is 2.25. The van der Waals surface area contributed by atoms with Crippen molar-refractivity contribution in [2.24, 2.45) is 4.99 Å². The van der Waals surface area contributed by atoms with Crippen LogP contribution in [0.15, 0.2) is 65.3 Å². The van der Waals surface area contributed by atoms with Gasteiger partial charge in [-0.3, -0.25) is 0 Å². The topological polar surface area (TPSA) is 74.2 Å². The fourth-order valence-electron chi connectivity index (χ4n) is 3.16. The number of methoxy groups -OCH3 is 1. The third kappa shape index (κ3) is 5.28. The van der Waals surface area contributed by atoms with Crippen molar-refractivity contribution in [2.45, 2.75) is 6.92 Å². The highest BCUT2D eigenvalue weighted by Crippen LogP contribution is 2.36. The van der Waals surface area contributed by atoms with E-state index in [0.717, 1.165) is 14.7 Å². The molecule has 0 saturated carbocycles. The number of hydrogen-bond donors (Lipinski definition) is 0. The number of aryl methyl sites for hydroxylation is 1. The summed E-state index contributed by atoms with van der Waals surface area (Å²) in [5, 5.41) is 0.291. The zero-order valence-corrected chi connectivity index (χ0v) is 23.0. The molecule has 1 heterocycles. The molecule has 0 amide bonds. The Morgan fingerprint density at radius 2 is 1.85 bits per heavy atom. The summed E-state index contributed by atoms with van der Waals surface area (Å²) in [5.41, 5.74) is 2.83. The molecule has 0 bridgehead atoms. The van der Waals surface area contributed by atoms with Crippen molar-refractivity contribution in [1.82, 2.24) is 0 Å². The van der Waals surface area contributed by atoms with E-state index >= 15 is 0 Å². The minimum Gasteiger partial charge on any atom is -0.493 e. The van der Waals surface area contributed by atoms with Crippen LogP contribution in [0.5, 0.6) is 11.5 Å². The van der Waals surface area contributed by atoms with Crippen molar-refractivity contribution in [3.63, 3.8) is 0 Å². The van der Waals surface area contributed by atoms with Gasteiger partial charge in [0.05, 0.1) is 21.3 Å². The molecular formula is C25H16ClI2NO5. The number of halogens is 3. The van der Waals surface area contributed by atoms with Crippen molar-refractivity contribution in [2.75, 3.05) is 7.11 Å². The summed E-state index contributed by atoms with van der Waals surface area (Å²) in [6, 6.07) is 15.8. The Kier molecular flexibility index (Phi) is 7.58. The Hall–Kier alpha value is -2.44. The Bertz CT molecular complexity index is 1380. The highest BCUT2D eigenvalue weighted by molar-refractivity contribution is 14.1. The summed E-state index contributed by atoms with van der Waals surface area (Å²) in [6.07, 6.45) is 1.60. The van der Waals surface area contributed by atoms with Gasteiger partial charge in [0.25, 0.3) is 0 Å². The van der Waals surface area contributed by atoms with Gasteiger partial charge in [-0.05, 0) is 112 Å². The van der Waals surface area contributed by atoms with Gasteiger partial charge in [-0.2, -0.15) is 0 Å². The first-order valence-electron chi connectivity index (χ1n) is 9.90. The number of ether oxygens (including phenoxy) is 3. The minimum atomic E-state index is -0.602. The van der Waals surface area contributed by atoms with Gasteiger partial charge in [-0.15, -0.1) is 0 Å². The van der Waals surface area contributed by atoms with Gasteiger partial charge >= 0.3 is 11.9 Å². The maximum absolute atomic E-state index is 12.6. The molecule has 4 rings (SSSR count). The lowest BCUT2D eigenvalue weighted by Gasteiger charge is -2.13. The second kappa shape index (κ2) is 10.4. The molecule has 0 spiro atoms. The number of benzene rings is 3. The molecule has 0 N–H and O–H groups in total. The predicted molar refractivity (Wildman–Crippen MR) is 147 cm³/mol. The molecule has 0 unspecified atom stereocenters. The Labute approximate surface area is 228 Å². The molecule has 6 nitrogen and oxygen atoms in total. The summed E-state index contributed by atoms with van der Waals surface area (Å²) in [5.74, 6) is -0.322. The van der Waals surface area contributed by atoms with Crippen LogP contribution in [0, 0.1) is 14.1 Å². The molecule has 1 aliphatic heterocycles. The van der Waals surface area contributed by atoms with Crippen LogP contribution in [-0.2, 0) is 9.53 Å². The molecule has 0 radical (unpaired) electrons. The molecule has 0 atom stereocenters. The first-order valence-corrected chi connectivity index (χ1v) is 12.4. The van der Waals surface area contributed by atoms with Gasteiger partial charge in [0.2, 0.25) is 5.90 Å². The van der Waals surface area contributed by atoms with Crippen molar-refractivity contribution in [3.8, 4) is 11.5 Å². The fourth-order valence-corrected chi connectivity index (χ4v) is 4.45. The maximum Gasteiger partial charge on any atom is 0.363 e. The van der Waals surface area contributed by atoms with E-state index in [1.807, 2.05) is 47.7 Å². The lowest BCUT2D eigenvalue weighted by Crippen LogP contribution is -2.11. The molecule has 172 valence electrons. The van der Waals surface area contributed by atoms with Crippen molar-refractivity contribution < 1.29 is 23.8 Å². The average molecular weight is 700 g/mol. The molecule has 3 aromatic carbocycles. The van der Waals surface area contributed by atoms with Crippen LogP contribution in [0.4, 0.5) is 0 Å². The third-order valence-electron chi connectivity index (χ3n) is 4.87. The number of cyclic esters (lactones) is 1. The number of carbonyl (C=O) groups is 2. The molecule has 34 heavy (non-hydrogen) atoms. The quantitative estimate of drug-likeness (QED) is 0.133. The lowest BCUT2D eigenvalue weighted by molar-refractivity contribution is -0.129. The van der Waals surface area contributed by atoms with E-state index in [1.165, 1.54) is 7.11 Å². The molecule has 0 saturated heterocycles. The predicted octanol–water partition coefficient (Wildman–Crippen LogP) is 6.43. The van der Waals surface area contributed by atoms with E-state index in [1.54, 1.807) is 42.5 Å². The number of nitrogens with zero attached hydrogens (tertiary/aromatic N) is 1. The fraction of sp³-hybridized carbons (Fsp3) is 0.0800. The average Bonchev–Trinajstić information content (AvgIpc) is 3.17. The summed E-state index contributed by atoms with van der Waals surface area (Å²) >= 11 is 10.4. The first kappa shape index (κ1) is 24.7. The number of carbonyl (C=O) groups excluding carboxylic acids is 2. The summed E-state index contributed by atoms with van der Waals surface area (Å²) in [7, 11) is 1.47. The van der Waals surface area contributed by atoms with E-state index in [2.05, 4.69) is 27.6 Å². The number of esters is 2. The standard InChI is InChI=1S/C25H16ClI2NO5/c1-13-9-15(7-8-18(13)27)23-29-20(25(31)34-23)11-14-10-19(28)22(21(12-14)32-2)33-24(30)16-5-3-4-6-17(16)26/h3-12H,1-2H3/b20-11-. The zero-order valence-electron chi connectivity index (χ0n) is 17.9. The summed E-state index contributed by atoms with van der Waals surface area (Å²) in [4.78, 5) is 29.4. The van der Waals surface area contributed by atoms with E-state index in [9.17, 15) is 9.59 Å². The Balaban J connectivity index is 1.64. The molecule has 0 aliphatic carbocycles. The Morgan fingerprint density at radius 1 is 1.09 bits per heavy atom. The Morgan fingerprint density at radius 3 is 2.56 bits per heavy atom. The highest BCUT2D eigenvalue weighted by atomic mass is 127. The second-order valence-electron chi connectivity index (χ2n) is 7.20. The monoisotopic (exact) mass is 699 g/mol. The molecule has 1 aliphatic rings. The molecule has 0 aromatic heterocycles. The smallest absolute Gasteiger partial charge is 0.363 e. The summed E-state index contributed by atoms with van der Waals surface area (Å²) in [6.45, 7) is 1.98. The van der Waals surface area contributed by atoms with Crippen LogP contribution >= 0.6 is 56.8 Å². The zero-order chi connectivity index (χ0) is 24.4. The number of rotatable bonds is 5. The van der Waals surface area contributed by atoms with E-state index in [0.29, 0.717) is 19.9 Å². The van der Waals surface area contributed by atoms with Crippen LogP contribution in [0.2, 0.25) is 5.02 Å². The second-order valence-corrected chi connectivity index (χ2v) is 9.94. The molecule has 0 fully saturated rings. The van der Waals surface area contributed by atoms with Crippen molar-refractivity contribution >= 4 is 80.7 Å². The molecule has 9 heteroatoms. The van der Waals surface area contributed by atoms with Gasteiger partial charge in [0, 0.05) is 9.13 Å². The lowest BCUT2D eigenvalue weighted by atomic mass is 10.1. The van der Waals surface area contributed by atoms with Crippen LogP contribution in [-0.4, -0.2) is 24.9 Å². The van der Waals surface area contributed by atoms with Gasteiger partial charge < -0.3 is 14.2 Å². The van der Waals surface area contributed by atoms with Crippen LogP contribution in [0.25, 0.3) is 6.08 Å². The summed E-state index contributed by atoms with van der Waals surface area (Å²) < 4.78 is 18.1. The SMILES string of the molecule is COc1cc(/C=C2\N=C(c3ccc(I)c(C)c3)OC2=O)cc(I)c1OC(=O)c1ccccc1Cl. The van der Waals surface area contributed by atoms with Gasteiger partial charge in [-0.25, -0.2) is 14.6 Å². The van der Waals surface area contributed by atoms with E-state index in [-0.39, 0.29) is 22.9 Å². The van der Waals surface area contributed by atoms with Gasteiger partial charge in [-0.1, -0.05) is 23.7 Å². The van der Waals surface area contributed by atoms with Gasteiger partial charge in [0.15, 0.2) is 17.2 Å². The first-order chi connectivity index (χ1) is 16.3. The normalized spacial score (nSPS) is 14.1. The number of hydrogen-bond acceptors (Lipinski definition) is 6. The van der Waals surface area contributed by atoms with Crippen LogP contribution < -0.4 is 9.47 Å².